The third kappa shape index (κ3) is 6.92. The molecule has 0 aliphatic carbocycles. The molecule has 1 heterocycles. The van der Waals surface area contributed by atoms with Crippen LogP contribution in [0.2, 0.25) is 0 Å². The van der Waals surface area contributed by atoms with Gasteiger partial charge in [0.25, 0.3) is 5.91 Å². The Kier molecular flexibility index (Phi) is 8.92. The predicted molar refractivity (Wildman–Crippen MR) is 159 cm³/mol. The van der Waals surface area contributed by atoms with Gasteiger partial charge in [-0.05, 0) is 60.2 Å². The third-order valence-electron chi connectivity index (χ3n) is 5.86. The molecule has 0 bridgehead atoms. The summed E-state index contributed by atoms with van der Waals surface area (Å²) >= 11 is 1.26. The van der Waals surface area contributed by atoms with Crippen LogP contribution in [-0.2, 0) is 4.79 Å². The number of thioether (sulfide) groups is 1. The largest absolute Gasteiger partial charge is 0.493 e. The maximum absolute atomic E-state index is 12.6. The monoisotopic (exact) mass is 565 g/mol. The first-order valence-electron chi connectivity index (χ1n) is 12.7. The van der Waals surface area contributed by atoms with Crippen molar-refractivity contribution in [1.82, 2.24) is 20.2 Å². The first-order valence-corrected chi connectivity index (χ1v) is 13.6. The van der Waals surface area contributed by atoms with E-state index in [1.807, 2.05) is 108 Å². The van der Waals surface area contributed by atoms with E-state index >= 15 is 0 Å². The summed E-state index contributed by atoms with van der Waals surface area (Å²) in [6.07, 6.45) is 1.57. The van der Waals surface area contributed by atoms with Gasteiger partial charge in [0, 0.05) is 11.3 Å². The minimum absolute atomic E-state index is 0.0887. The Balaban J connectivity index is 1.27. The number of hydrogen-bond acceptors (Lipinski definition) is 8. The van der Waals surface area contributed by atoms with E-state index < -0.39 is 0 Å². The minimum Gasteiger partial charge on any atom is -0.493 e. The number of rotatable bonds is 11. The molecule has 0 aliphatic rings. The maximum atomic E-state index is 12.6. The highest BCUT2D eigenvalue weighted by atomic mass is 32.2. The molecule has 0 saturated heterocycles. The number of para-hydroxylation sites is 2. The van der Waals surface area contributed by atoms with Gasteiger partial charge in [0.05, 0.1) is 26.2 Å². The second-order valence-corrected chi connectivity index (χ2v) is 9.56. The molecule has 0 aliphatic heterocycles. The Bertz CT molecular complexity index is 1640. The number of carbonyl (C=O) groups excluding carboxylic acids is 1. The van der Waals surface area contributed by atoms with Crippen molar-refractivity contribution in [1.29, 1.82) is 0 Å². The van der Waals surface area contributed by atoms with Crippen LogP contribution in [0, 0.1) is 0 Å². The molecule has 206 valence electrons. The van der Waals surface area contributed by atoms with Gasteiger partial charge in [-0.25, -0.2) is 5.43 Å². The Morgan fingerprint density at radius 3 is 2.34 bits per heavy atom. The van der Waals surface area contributed by atoms with Crippen LogP contribution in [0.15, 0.2) is 113 Å². The molecule has 41 heavy (non-hydrogen) atoms. The van der Waals surface area contributed by atoms with Crippen LogP contribution in [0.5, 0.6) is 23.0 Å². The summed E-state index contributed by atoms with van der Waals surface area (Å²) in [5.41, 5.74) is 5.02. The standard InChI is InChI=1S/C31H27N5O4S/c1-38-27-17-16-23(19-28(27)39-2)30-34-35-31(36(30)24-11-5-3-6-12-24)41-21-29(37)33-32-20-22-10-9-15-26(18-22)40-25-13-7-4-8-14-25/h3-20H,21H2,1-2H3,(H,33,37). The normalized spacial score (nSPS) is 10.9. The number of amides is 1. The fourth-order valence-electron chi connectivity index (χ4n) is 3.96. The molecule has 5 aromatic rings. The van der Waals surface area contributed by atoms with E-state index in [0.29, 0.717) is 28.2 Å². The molecule has 0 spiro atoms. The van der Waals surface area contributed by atoms with Crippen LogP contribution in [0.25, 0.3) is 17.1 Å². The summed E-state index contributed by atoms with van der Waals surface area (Å²) in [5, 5.41) is 13.5. The van der Waals surface area contributed by atoms with Gasteiger partial charge in [-0.2, -0.15) is 5.10 Å². The molecule has 1 N–H and O–H groups in total. The van der Waals surface area contributed by atoms with Crippen LogP contribution < -0.4 is 19.6 Å². The highest BCUT2D eigenvalue weighted by Crippen LogP contribution is 2.34. The zero-order valence-corrected chi connectivity index (χ0v) is 23.2. The molecule has 0 fully saturated rings. The van der Waals surface area contributed by atoms with Crippen molar-refractivity contribution >= 4 is 23.9 Å². The topological polar surface area (TPSA) is 99.9 Å². The second kappa shape index (κ2) is 13.3. The van der Waals surface area contributed by atoms with E-state index in [1.54, 1.807) is 20.4 Å². The smallest absolute Gasteiger partial charge is 0.250 e. The number of hydrazone groups is 1. The lowest BCUT2D eigenvalue weighted by Gasteiger charge is -2.12. The molecule has 0 radical (unpaired) electrons. The zero-order valence-electron chi connectivity index (χ0n) is 22.4. The average molecular weight is 566 g/mol. The molecular weight excluding hydrogens is 538 g/mol. The number of aromatic nitrogens is 3. The first kappa shape index (κ1) is 27.5. The van der Waals surface area contributed by atoms with Crippen LogP contribution in [-0.4, -0.2) is 46.9 Å². The number of nitrogens with zero attached hydrogens (tertiary/aromatic N) is 4. The number of hydrogen-bond donors (Lipinski definition) is 1. The van der Waals surface area contributed by atoms with Gasteiger partial charge in [-0.3, -0.25) is 9.36 Å². The molecule has 0 unspecified atom stereocenters. The number of ether oxygens (including phenoxy) is 3. The molecular formula is C31H27N5O4S. The van der Waals surface area contributed by atoms with Crippen molar-refractivity contribution in [3.05, 3.63) is 109 Å². The molecule has 9 nitrogen and oxygen atoms in total. The highest BCUT2D eigenvalue weighted by molar-refractivity contribution is 7.99. The van der Waals surface area contributed by atoms with Gasteiger partial charge in [0.15, 0.2) is 22.5 Å². The number of methoxy groups -OCH3 is 2. The van der Waals surface area contributed by atoms with Gasteiger partial charge >= 0.3 is 0 Å². The lowest BCUT2D eigenvalue weighted by molar-refractivity contribution is -0.118. The van der Waals surface area contributed by atoms with E-state index in [1.165, 1.54) is 11.8 Å². The van der Waals surface area contributed by atoms with E-state index in [-0.39, 0.29) is 11.7 Å². The minimum atomic E-state index is -0.279. The lowest BCUT2D eigenvalue weighted by Crippen LogP contribution is -2.20. The van der Waals surface area contributed by atoms with Gasteiger partial charge in [-0.15, -0.1) is 10.2 Å². The van der Waals surface area contributed by atoms with Crippen LogP contribution in [0.4, 0.5) is 0 Å². The molecule has 10 heteroatoms. The maximum Gasteiger partial charge on any atom is 0.250 e. The fourth-order valence-corrected chi connectivity index (χ4v) is 4.70. The van der Waals surface area contributed by atoms with Gasteiger partial charge in [0.1, 0.15) is 11.5 Å². The summed E-state index contributed by atoms with van der Waals surface area (Å²) in [7, 11) is 3.17. The molecule has 5 rings (SSSR count). The fraction of sp³-hybridized carbons (Fsp3) is 0.0968. The summed E-state index contributed by atoms with van der Waals surface area (Å²) in [6, 6.07) is 32.2. The SMILES string of the molecule is COc1ccc(-c2nnc(SCC(=O)NN=Cc3cccc(Oc4ccccc4)c3)n2-c2ccccc2)cc1OC. The Morgan fingerprint density at radius 2 is 1.59 bits per heavy atom. The van der Waals surface area contributed by atoms with Crippen molar-refractivity contribution in [3.63, 3.8) is 0 Å². The number of carbonyl (C=O) groups is 1. The number of nitrogens with one attached hydrogen (secondary N) is 1. The summed E-state index contributed by atoms with van der Waals surface area (Å²) in [5.74, 6) is 3.03. The Labute approximate surface area is 241 Å². The molecule has 1 amide bonds. The molecule has 4 aromatic carbocycles. The van der Waals surface area contributed by atoms with Crippen molar-refractivity contribution in [2.45, 2.75) is 5.16 Å². The molecule has 0 atom stereocenters. The van der Waals surface area contributed by atoms with Crippen molar-refractivity contribution in [3.8, 4) is 40.1 Å². The first-order chi connectivity index (χ1) is 20.1. The van der Waals surface area contributed by atoms with Gasteiger partial charge in [0.2, 0.25) is 0 Å². The Hall–Kier alpha value is -5.09. The van der Waals surface area contributed by atoms with Crippen LogP contribution >= 0.6 is 11.8 Å². The van der Waals surface area contributed by atoms with Crippen molar-refractivity contribution in [2.75, 3.05) is 20.0 Å². The average Bonchev–Trinajstić information content (AvgIpc) is 3.45. The van der Waals surface area contributed by atoms with Crippen molar-refractivity contribution in [2.24, 2.45) is 5.10 Å². The van der Waals surface area contributed by atoms with E-state index in [4.69, 9.17) is 14.2 Å². The number of benzene rings is 4. The van der Waals surface area contributed by atoms with E-state index in [0.717, 1.165) is 22.6 Å². The van der Waals surface area contributed by atoms with Gasteiger partial charge in [-0.1, -0.05) is 60.3 Å². The lowest BCUT2D eigenvalue weighted by atomic mass is 10.2. The van der Waals surface area contributed by atoms with Crippen LogP contribution in [0.1, 0.15) is 5.56 Å². The highest BCUT2D eigenvalue weighted by Gasteiger charge is 2.18. The summed E-state index contributed by atoms with van der Waals surface area (Å²) in [6.45, 7) is 0. The zero-order chi connectivity index (χ0) is 28.4. The summed E-state index contributed by atoms with van der Waals surface area (Å²) < 4.78 is 18.6. The Morgan fingerprint density at radius 1 is 0.854 bits per heavy atom. The quantitative estimate of drug-likeness (QED) is 0.119. The van der Waals surface area contributed by atoms with Crippen LogP contribution in [0.3, 0.4) is 0 Å². The molecule has 0 saturated carbocycles. The molecule has 1 aromatic heterocycles. The second-order valence-electron chi connectivity index (χ2n) is 8.62. The third-order valence-corrected chi connectivity index (χ3v) is 6.79. The van der Waals surface area contributed by atoms with E-state index in [2.05, 4.69) is 20.7 Å². The van der Waals surface area contributed by atoms with Crippen molar-refractivity contribution < 1.29 is 19.0 Å². The van der Waals surface area contributed by atoms with Gasteiger partial charge < -0.3 is 14.2 Å². The predicted octanol–water partition coefficient (Wildman–Crippen LogP) is 5.99. The van der Waals surface area contributed by atoms with E-state index in [9.17, 15) is 4.79 Å². The summed E-state index contributed by atoms with van der Waals surface area (Å²) in [4.78, 5) is 12.6.